The summed E-state index contributed by atoms with van der Waals surface area (Å²) in [7, 11) is 0. The molecule has 3 nitrogen and oxygen atoms in total. The quantitative estimate of drug-likeness (QED) is 0.786. The van der Waals surface area contributed by atoms with Crippen LogP contribution in [0.1, 0.15) is 27.7 Å². The molecule has 0 saturated heterocycles. The third-order valence-electron chi connectivity index (χ3n) is 3.10. The highest BCUT2D eigenvalue weighted by molar-refractivity contribution is 6.31. The van der Waals surface area contributed by atoms with Crippen molar-refractivity contribution in [1.29, 1.82) is 0 Å². The van der Waals surface area contributed by atoms with Crippen LogP contribution in [0.5, 0.6) is 0 Å². The van der Waals surface area contributed by atoms with Gasteiger partial charge in [0.05, 0.1) is 16.4 Å². The van der Waals surface area contributed by atoms with Crippen molar-refractivity contribution < 1.29 is 4.39 Å². The number of nitrogens with one attached hydrogen (secondary N) is 1. The number of nitrogens with two attached hydrogens (primary N) is 1. The topological polar surface area (TPSA) is 41.3 Å². The number of nitrogens with zero attached hydrogens (tertiary/aromatic N) is 1. The molecule has 0 atom stereocenters. The van der Waals surface area contributed by atoms with Gasteiger partial charge in [0, 0.05) is 31.2 Å². The van der Waals surface area contributed by atoms with E-state index < -0.39 is 5.82 Å². The Labute approximate surface area is 119 Å². The Kier molecular flexibility index (Phi) is 5.88. The second kappa shape index (κ2) is 6.96. The van der Waals surface area contributed by atoms with Crippen LogP contribution < -0.4 is 11.1 Å². The Morgan fingerprint density at radius 1 is 1.26 bits per heavy atom. The summed E-state index contributed by atoms with van der Waals surface area (Å²) in [6, 6.07) is 3.74. The first-order valence-electron chi connectivity index (χ1n) is 6.57. The Morgan fingerprint density at radius 3 is 2.37 bits per heavy atom. The molecule has 1 aromatic carbocycles. The molecule has 0 aromatic heterocycles. The van der Waals surface area contributed by atoms with Crippen molar-refractivity contribution in [3.63, 3.8) is 0 Å². The number of benzene rings is 1. The average molecular weight is 288 g/mol. The van der Waals surface area contributed by atoms with Crippen LogP contribution in [0.3, 0.4) is 0 Å². The average Bonchev–Trinajstić information content (AvgIpc) is 2.29. The predicted octanol–water partition coefficient (Wildman–Crippen LogP) is 3.59. The summed E-state index contributed by atoms with van der Waals surface area (Å²) >= 11 is 5.75. The second-order valence-electron chi connectivity index (χ2n) is 5.21. The lowest BCUT2D eigenvalue weighted by atomic mass is 10.2. The van der Waals surface area contributed by atoms with Gasteiger partial charge in [-0.3, -0.25) is 4.90 Å². The Bertz CT molecular complexity index is 413. The van der Waals surface area contributed by atoms with Crippen LogP contribution >= 0.6 is 11.6 Å². The van der Waals surface area contributed by atoms with Crippen molar-refractivity contribution in [3.05, 3.63) is 23.0 Å². The zero-order valence-corrected chi connectivity index (χ0v) is 12.8. The highest BCUT2D eigenvalue weighted by Gasteiger charge is 2.13. The Balaban J connectivity index is 2.60. The first kappa shape index (κ1) is 16.1. The number of hydrogen-bond acceptors (Lipinski definition) is 3. The van der Waals surface area contributed by atoms with Crippen molar-refractivity contribution in [2.45, 2.75) is 39.8 Å². The summed E-state index contributed by atoms with van der Waals surface area (Å²) in [5.74, 6) is -0.490. The van der Waals surface area contributed by atoms with Crippen LogP contribution in [0.15, 0.2) is 12.1 Å². The summed E-state index contributed by atoms with van der Waals surface area (Å²) in [6.45, 7) is 10.3. The van der Waals surface area contributed by atoms with E-state index in [1.807, 2.05) is 0 Å². The van der Waals surface area contributed by atoms with Crippen molar-refractivity contribution in [3.8, 4) is 0 Å². The van der Waals surface area contributed by atoms with E-state index in [0.717, 1.165) is 13.1 Å². The summed E-state index contributed by atoms with van der Waals surface area (Å²) in [5.41, 5.74) is 6.81. The molecule has 0 aliphatic heterocycles. The standard InChI is InChI=1S/C14H23ClFN3/c1-9(2)19(10(3)4)6-5-18-14-7-11(15)12(16)8-13(14)17/h7-10,18H,5-6,17H2,1-4H3. The van der Waals surface area contributed by atoms with Gasteiger partial charge in [-0.2, -0.15) is 0 Å². The molecule has 0 heterocycles. The van der Waals surface area contributed by atoms with Gasteiger partial charge in [-0.05, 0) is 33.8 Å². The van der Waals surface area contributed by atoms with E-state index in [-0.39, 0.29) is 5.02 Å². The molecule has 0 fully saturated rings. The number of hydrogen-bond donors (Lipinski definition) is 2. The fourth-order valence-electron chi connectivity index (χ4n) is 2.15. The minimum Gasteiger partial charge on any atom is -0.397 e. The predicted molar refractivity (Wildman–Crippen MR) is 81.3 cm³/mol. The molecule has 3 N–H and O–H groups in total. The van der Waals surface area contributed by atoms with Crippen LogP contribution in [-0.2, 0) is 0 Å². The zero-order valence-electron chi connectivity index (χ0n) is 12.0. The first-order valence-corrected chi connectivity index (χ1v) is 6.94. The SMILES string of the molecule is CC(C)N(CCNc1cc(Cl)c(F)cc1N)C(C)C. The highest BCUT2D eigenvalue weighted by atomic mass is 35.5. The maximum absolute atomic E-state index is 13.2. The fraction of sp³-hybridized carbons (Fsp3) is 0.571. The van der Waals surface area contributed by atoms with Gasteiger partial charge in [0.2, 0.25) is 0 Å². The van der Waals surface area contributed by atoms with Crippen LogP contribution in [0.25, 0.3) is 0 Å². The number of nitrogen functional groups attached to an aromatic ring is 1. The molecule has 0 aliphatic rings. The van der Waals surface area contributed by atoms with Crippen molar-refractivity contribution in [2.24, 2.45) is 0 Å². The number of rotatable bonds is 6. The lowest BCUT2D eigenvalue weighted by Crippen LogP contribution is -2.40. The zero-order chi connectivity index (χ0) is 14.6. The summed E-state index contributed by atoms with van der Waals surface area (Å²) < 4.78 is 13.2. The molecule has 1 aromatic rings. The molecular formula is C14H23ClFN3. The first-order chi connectivity index (χ1) is 8.82. The molecule has 108 valence electrons. The molecule has 0 bridgehead atoms. The van der Waals surface area contributed by atoms with E-state index in [9.17, 15) is 4.39 Å². The lowest BCUT2D eigenvalue weighted by Gasteiger charge is -2.30. The molecule has 0 radical (unpaired) electrons. The summed E-state index contributed by atoms with van der Waals surface area (Å²) in [6.07, 6.45) is 0. The molecule has 5 heteroatoms. The normalized spacial score (nSPS) is 11.6. The summed E-state index contributed by atoms with van der Waals surface area (Å²) in [4.78, 5) is 2.37. The highest BCUT2D eigenvalue weighted by Crippen LogP contribution is 2.26. The molecule has 0 spiro atoms. The second-order valence-corrected chi connectivity index (χ2v) is 5.61. The van der Waals surface area contributed by atoms with E-state index in [1.54, 1.807) is 0 Å². The molecule has 0 saturated carbocycles. The van der Waals surface area contributed by atoms with Gasteiger partial charge < -0.3 is 11.1 Å². The van der Waals surface area contributed by atoms with Crippen LogP contribution in [0.4, 0.5) is 15.8 Å². The number of halogens is 2. The van der Waals surface area contributed by atoms with Gasteiger partial charge >= 0.3 is 0 Å². The third kappa shape index (κ3) is 4.55. The van der Waals surface area contributed by atoms with E-state index in [0.29, 0.717) is 23.5 Å². The Hall–Kier alpha value is -1.00. The minimum absolute atomic E-state index is 0.0845. The molecule has 0 unspecified atom stereocenters. The van der Waals surface area contributed by atoms with Gasteiger partial charge in [0.1, 0.15) is 5.82 Å². The van der Waals surface area contributed by atoms with E-state index >= 15 is 0 Å². The molecule has 0 aliphatic carbocycles. The van der Waals surface area contributed by atoms with Crippen molar-refractivity contribution >= 4 is 23.0 Å². The van der Waals surface area contributed by atoms with E-state index in [4.69, 9.17) is 17.3 Å². The van der Waals surface area contributed by atoms with Crippen LogP contribution in [0.2, 0.25) is 5.02 Å². The maximum atomic E-state index is 13.2. The van der Waals surface area contributed by atoms with E-state index in [2.05, 4.69) is 37.9 Å². The lowest BCUT2D eigenvalue weighted by molar-refractivity contribution is 0.182. The summed E-state index contributed by atoms with van der Waals surface area (Å²) in [5, 5.41) is 3.29. The largest absolute Gasteiger partial charge is 0.397 e. The van der Waals surface area contributed by atoms with Gasteiger partial charge in [0.25, 0.3) is 0 Å². The van der Waals surface area contributed by atoms with Crippen LogP contribution in [0, 0.1) is 5.82 Å². The van der Waals surface area contributed by atoms with Crippen molar-refractivity contribution in [2.75, 3.05) is 24.1 Å². The minimum atomic E-state index is -0.490. The number of anilines is 2. The fourth-order valence-corrected chi connectivity index (χ4v) is 2.31. The molecule has 1 rings (SSSR count). The monoisotopic (exact) mass is 287 g/mol. The molecule has 19 heavy (non-hydrogen) atoms. The Morgan fingerprint density at radius 2 is 1.84 bits per heavy atom. The van der Waals surface area contributed by atoms with Crippen LogP contribution in [-0.4, -0.2) is 30.1 Å². The van der Waals surface area contributed by atoms with Gasteiger partial charge in [-0.25, -0.2) is 4.39 Å². The third-order valence-corrected chi connectivity index (χ3v) is 3.39. The van der Waals surface area contributed by atoms with Gasteiger partial charge in [0.15, 0.2) is 0 Å². The van der Waals surface area contributed by atoms with Gasteiger partial charge in [-0.15, -0.1) is 0 Å². The van der Waals surface area contributed by atoms with E-state index in [1.165, 1.54) is 12.1 Å². The van der Waals surface area contributed by atoms with Gasteiger partial charge in [-0.1, -0.05) is 11.6 Å². The molecule has 0 amide bonds. The maximum Gasteiger partial charge on any atom is 0.143 e. The smallest absolute Gasteiger partial charge is 0.143 e. The molecular weight excluding hydrogens is 265 g/mol. The van der Waals surface area contributed by atoms with Crippen molar-refractivity contribution in [1.82, 2.24) is 4.90 Å².